The molecule has 0 aromatic carbocycles. The standard InChI is InChI=1S/C6H8O4S.Na.H/c7-11(8,9)6-3-4-1-2-5(6)10-4;;/h1-2,4-6H,3H2,(H,7,8,9);;/q;+1;-1. The van der Waals surface area contributed by atoms with Crippen molar-refractivity contribution in [3.63, 3.8) is 0 Å². The Balaban J connectivity index is 0.000000720. The fourth-order valence-corrected chi connectivity index (χ4v) is 2.45. The van der Waals surface area contributed by atoms with Crippen molar-refractivity contribution in [2.45, 2.75) is 23.9 Å². The summed E-state index contributed by atoms with van der Waals surface area (Å²) in [4.78, 5) is 0. The van der Waals surface area contributed by atoms with Gasteiger partial charge in [0.05, 0.1) is 12.2 Å². The van der Waals surface area contributed by atoms with Gasteiger partial charge in [-0.1, -0.05) is 12.2 Å². The number of rotatable bonds is 1. The molecular weight excluding hydrogens is 191 g/mol. The summed E-state index contributed by atoms with van der Waals surface area (Å²) in [6.45, 7) is 0. The van der Waals surface area contributed by atoms with E-state index in [1.54, 1.807) is 6.08 Å². The van der Waals surface area contributed by atoms with E-state index in [1.165, 1.54) is 0 Å². The van der Waals surface area contributed by atoms with Crippen LogP contribution in [0.2, 0.25) is 0 Å². The Bertz CT molecular complexity index is 302. The van der Waals surface area contributed by atoms with Crippen LogP contribution in [0.4, 0.5) is 0 Å². The van der Waals surface area contributed by atoms with Gasteiger partial charge in [-0.3, -0.25) is 4.55 Å². The van der Waals surface area contributed by atoms with Gasteiger partial charge in [-0.05, 0) is 6.42 Å². The molecule has 0 radical (unpaired) electrons. The predicted octanol–water partition coefficient (Wildman–Crippen LogP) is -2.91. The molecule has 3 atom stereocenters. The maximum atomic E-state index is 10.7. The Morgan fingerprint density at radius 1 is 1.50 bits per heavy atom. The van der Waals surface area contributed by atoms with Gasteiger partial charge < -0.3 is 6.16 Å². The minimum Gasteiger partial charge on any atom is -1.00 e. The average Bonchev–Trinajstić information content (AvgIpc) is 2.42. The van der Waals surface area contributed by atoms with Crippen molar-refractivity contribution in [2.24, 2.45) is 0 Å². The van der Waals surface area contributed by atoms with E-state index < -0.39 is 21.5 Å². The molecule has 1 N–H and O–H groups in total. The van der Waals surface area contributed by atoms with Crippen LogP contribution in [-0.4, -0.2) is 30.4 Å². The molecule has 2 aliphatic heterocycles. The van der Waals surface area contributed by atoms with Crippen LogP contribution < -0.4 is 29.6 Å². The molecule has 0 aliphatic carbocycles. The van der Waals surface area contributed by atoms with Gasteiger partial charge >= 0.3 is 29.6 Å². The topological polar surface area (TPSA) is 63.6 Å². The van der Waals surface area contributed by atoms with Crippen molar-refractivity contribution in [2.75, 3.05) is 0 Å². The summed E-state index contributed by atoms with van der Waals surface area (Å²) in [5.74, 6) is 0. The molecule has 2 bridgehead atoms. The molecule has 1 saturated heterocycles. The van der Waals surface area contributed by atoms with Crippen molar-refractivity contribution >= 4 is 10.1 Å². The summed E-state index contributed by atoms with van der Waals surface area (Å²) in [5, 5.41) is -0.738. The molecule has 0 spiro atoms. The van der Waals surface area contributed by atoms with E-state index >= 15 is 0 Å². The fourth-order valence-electron chi connectivity index (χ4n) is 1.53. The van der Waals surface area contributed by atoms with E-state index in [0.29, 0.717) is 6.42 Å². The van der Waals surface area contributed by atoms with Gasteiger partial charge in [-0.25, -0.2) is 0 Å². The monoisotopic (exact) mass is 200 g/mol. The van der Waals surface area contributed by atoms with Crippen molar-refractivity contribution < 1.29 is 48.7 Å². The Kier molecular flexibility index (Phi) is 3.03. The number of ether oxygens (including phenoxy) is 1. The summed E-state index contributed by atoms with van der Waals surface area (Å²) in [7, 11) is -3.91. The van der Waals surface area contributed by atoms with Gasteiger partial charge in [-0.15, -0.1) is 0 Å². The molecule has 0 aromatic heterocycles. The summed E-state index contributed by atoms with van der Waals surface area (Å²) in [6, 6.07) is 0. The van der Waals surface area contributed by atoms with Crippen LogP contribution in [-0.2, 0) is 14.9 Å². The number of hydrogen-bond acceptors (Lipinski definition) is 3. The van der Waals surface area contributed by atoms with Crippen LogP contribution in [0.25, 0.3) is 0 Å². The van der Waals surface area contributed by atoms with Crippen LogP contribution in [0.15, 0.2) is 12.2 Å². The minimum absolute atomic E-state index is 0. The summed E-state index contributed by atoms with van der Waals surface area (Å²) in [5.41, 5.74) is 0. The zero-order valence-corrected chi connectivity index (χ0v) is 9.49. The third-order valence-corrected chi connectivity index (χ3v) is 3.29. The van der Waals surface area contributed by atoms with E-state index in [0.717, 1.165) is 0 Å². The summed E-state index contributed by atoms with van der Waals surface area (Å²) >= 11 is 0. The van der Waals surface area contributed by atoms with Gasteiger partial charge in [0.1, 0.15) is 5.25 Å². The maximum absolute atomic E-state index is 10.7. The summed E-state index contributed by atoms with van der Waals surface area (Å²) in [6.07, 6.45) is 3.38. The fraction of sp³-hybridized carbons (Fsp3) is 0.667. The molecule has 1 fully saturated rings. The molecule has 2 heterocycles. The smallest absolute Gasteiger partial charge is 1.00 e. The molecule has 0 aromatic rings. The molecule has 2 rings (SSSR count). The molecule has 2 aliphatic rings. The maximum Gasteiger partial charge on any atom is 1.00 e. The van der Waals surface area contributed by atoms with E-state index in [4.69, 9.17) is 9.29 Å². The van der Waals surface area contributed by atoms with Crippen LogP contribution >= 0.6 is 0 Å². The quantitative estimate of drug-likeness (QED) is 0.280. The first-order valence-corrected chi connectivity index (χ1v) is 4.88. The SMILES string of the molecule is O=S(=O)(O)C1CC2C=CC1O2.[H-].[Na+]. The van der Waals surface area contributed by atoms with Gasteiger partial charge in [0.2, 0.25) is 0 Å². The molecular formula is C6H9NaO4S. The second-order valence-corrected chi connectivity index (χ2v) is 4.45. The Hall–Kier alpha value is 0.610. The molecule has 4 nitrogen and oxygen atoms in total. The average molecular weight is 200 g/mol. The van der Waals surface area contributed by atoms with E-state index in [9.17, 15) is 8.42 Å². The van der Waals surface area contributed by atoms with Gasteiger partial charge in [0.25, 0.3) is 10.1 Å². The molecule has 3 unspecified atom stereocenters. The molecule has 64 valence electrons. The van der Waals surface area contributed by atoms with Crippen LogP contribution in [0, 0.1) is 0 Å². The second kappa shape index (κ2) is 3.40. The Labute approximate surface area is 94.5 Å². The first-order chi connectivity index (χ1) is 5.07. The summed E-state index contributed by atoms with van der Waals surface area (Å²) < 4.78 is 35.2. The molecule has 6 heteroatoms. The Morgan fingerprint density at radius 2 is 2.17 bits per heavy atom. The molecule has 0 saturated carbocycles. The number of hydrogen-bond donors (Lipinski definition) is 1. The Morgan fingerprint density at radius 3 is 2.42 bits per heavy atom. The van der Waals surface area contributed by atoms with E-state index in [1.807, 2.05) is 6.08 Å². The first kappa shape index (κ1) is 10.7. The molecule has 0 amide bonds. The van der Waals surface area contributed by atoms with Gasteiger partial charge in [0, 0.05) is 0 Å². The third kappa shape index (κ3) is 1.76. The normalized spacial score (nSPS) is 38.2. The zero-order chi connectivity index (χ0) is 8.06. The predicted molar refractivity (Wildman–Crippen MR) is 38.9 cm³/mol. The van der Waals surface area contributed by atoms with Gasteiger partial charge in [-0.2, -0.15) is 8.42 Å². The van der Waals surface area contributed by atoms with Crippen LogP contribution in [0.5, 0.6) is 0 Å². The third-order valence-electron chi connectivity index (χ3n) is 2.06. The van der Waals surface area contributed by atoms with Gasteiger partial charge in [0.15, 0.2) is 0 Å². The largest absolute Gasteiger partial charge is 1.00 e. The molecule has 12 heavy (non-hydrogen) atoms. The van der Waals surface area contributed by atoms with Crippen molar-refractivity contribution in [3.8, 4) is 0 Å². The van der Waals surface area contributed by atoms with E-state index in [-0.39, 0.29) is 37.1 Å². The minimum atomic E-state index is -3.91. The zero-order valence-electron chi connectivity index (χ0n) is 7.67. The number of fused-ring (bicyclic) bond motifs is 2. The van der Waals surface area contributed by atoms with Crippen LogP contribution in [0.1, 0.15) is 7.85 Å². The van der Waals surface area contributed by atoms with Crippen molar-refractivity contribution in [3.05, 3.63) is 12.2 Å². The van der Waals surface area contributed by atoms with Crippen molar-refractivity contribution in [1.82, 2.24) is 0 Å². The van der Waals surface area contributed by atoms with Crippen molar-refractivity contribution in [1.29, 1.82) is 0 Å². The van der Waals surface area contributed by atoms with E-state index in [2.05, 4.69) is 0 Å². The van der Waals surface area contributed by atoms with Crippen LogP contribution in [0.3, 0.4) is 0 Å². The first-order valence-electron chi connectivity index (χ1n) is 3.37. The second-order valence-electron chi connectivity index (χ2n) is 2.81.